The number of Topliss-reactive ketones (excluding diaryl/α,β-unsaturated/α-hetero) is 3. The van der Waals surface area contributed by atoms with Crippen molar-refractivity contribution in [3.63, 3.8) is 0 Å². The molecule has 1 aliphatic carbocycles. The number of rotatable bonds is 6. The van der Waals surface area contributed by atoms with Gasteiger partial charge in [-0.2, -0.15) is 0 Å². The lowest BCUT2D eigenvalue weighted by atomic mass is 9.92. The fraction of sp³-hybridized carbons (Fsp3) is 0.385. The highest BCUT2D eigenvalue weighted by Gasteiger charge is 2.38. The number of hydrogen-bond acceptors (Lipinski definition) is 4. The highest BCUT2D eigenvalue weighted by atomic mass is 16.2. The first-order chi connectivity index (χ1) is 14.8. The molecule has 0 bridgehead atoms. The van der Waals surface area contributed by atoms with Crippen LogP contribution >= 0.6 is 0 Å². The highest BCUT2D eigenvalue weighted by Crippen LogP contribution is 2.29. The topological polar surface area (TPSA) is 71.5 Å². The van der Waals surface area contributed by atoms with Crippen LogP contribution in [0, 0.1) is 13.8 Å². The third-order valence-electron chi connectivity index (χ3n) is 6.19. The summed E-state index contributed by atoms with van der Waals surface area (Å²) in [4.78, 5) is 50.7. The molecule has 2 aromatic carbocycles. The molecule has 160 valence electrons. The molecule has 5 heteroatoms. The van der Waals surface area contributed by atoms with Gasteiger partial charge in [-0.15, -0.1) is 0 Å². The number of benzene rings is 2. The zero-order chi connectivity index (χ0) is 22.1. The molecule has 1 atom stereocenters. The van der Waals surface area contributed by atoms with Gasteiger partial charge in [0.1, 0.15) is 11.6 Å². The molecular weight excluding hydrogens is 390 g/mol. The average Bonchev–Trinajstić information content (AvgIpc) is 3.01. The molecule has 0 aromatic heterocycles. The Morgan fingerprint density at radius 3 is 2.45 bits per heavy atom. The van der Waals surface area contributed by atoms with Crippen LogP contribution in [0.1, 0.15) is 63.9 Å². The monoisotopic (exact) mass is 417 g/mol. The van der Waals surface area contributed by atoms with E-state index in [9.17, 15) is 19.2 Å². The molecule has 1 saturated carbocycles. The van der Waals surface area contributed by atoms with Gasteiger partial charge in [-0.3, -0.25) is 19.2 Å². The van der Waals surface area contributed by atoms with Gasteiger partial charge in [0.25, 0.3) is 5.91 Å². The summed E-state index contributed by atoms with van der Waals surface area (Å²) in [5.74, 6) is -0.145. The number of amides is 1. The first kappa shape index (κ1) is 21.2. The molecule has 1 unspecified atom stereocenters. The van der Waals surface area contributed by atoms with Crippen molar-refractivity contribution in [2.45, 2.75) is 65.0 Å². The molecule has 2 aliphatic rings. The van der Waals surface area contributed by atoms with E-state index >= 15 is 0 Å². The Labute approximate surface area is 182 Å². The van der Waals surface area contributed by atoms with Crippen LogP contribution in [0.15, 0.2) is 36.4 Å². The normalized spacial score (nSPS) is 18.5. The van der Waals surface area contributed by atoms with Crippen molar-refractivity contribution in [2.24, 2.45) is 0 Å². The van der Waals surface area contributed by atoms with Crippen molar-refractivity contribution < 1.29 is 19.2 Å². The molecule has 0 saturated heterocycles. The number of carbonyl (C=O) groups is 4. The number of hydrogen-bond donors (Lipinski definition) is 0. The van der Waals surface area contributed by atoms with Gasteiger partial charge < -0.3 is 4.90 Å². The Hall–Kier alpha value is -3.08. The quantitative estimate of drug-likeness (QED) is 0.672. The van der Waals surface area contributed by atoms with Crippen molar-refractivity contribution in [3.8, 4) is 0 Å². The number of fused-ring (bicyclic) bond motifs is 1. The summed E-state index contributed by atoms with van der Waals surface area (Å²) in [7, 11) is 0. The van der Waals surface area contributed by atoms with Crippen LogP contribution in [0.5, 0.6) is 0 Å². The van der Waals surface area contributed by atoms with Crippen LogP contribution in [0.25, 0.3) is 0 Å². The lowest BCUT2D eigenvalue weighted by Gasteiger charge is -2.29. The number of carbonyl (C=O) groups excluding carboxylic acids is 4. The molecule has 1 fully saturated rings. The van der Waals surface area contributed by atoms with Gasteiger partial charge >= 0.3 is 0 Å². The van der Waals surface area contributed by atoms with Gasteiger partial charge in [-0.05, 0) is 49.4 Å². The smallest absolute Gasteiger partial charge is 0.255 e. The number of nitrogens with zero attached hydrogens (tertiary/aromatic N) is 1. The van der Waals surface area contributed by atoms with Crippen molar-refractivity contribution >= 4 is 23.3 Å². The van der Waals surface area contributed by atoms with E-state index in [2.05, 4.69) is 18.2 Å². The van der Waals surface area contributed by atoms with Crippen LogP contribution in [-0.4, -0.2) is 34.2 Å². The van der Waals surface area contributed by atoms with E-state index in [1.165, 1.54) is 0 Å². The zero-order valence-corrected chi connectivity index (χ0v) is 18.1. The molecular formula is C26H27NO4. The zero-order valence-electron chi connectivity index (χ0n) is 18.1. The van der Waals surface area contributed by atoms with Crippen molar-refractivity contribution in [1.29, 1.82) is 0 Å². The van der Waals surface area contributed by atoms with Crippen LogP contribution < -0.4 is 0 Å². The summed E-state index contributed by atoms with van der Waals surface area (Å²) in [5.41, 5.74) is 5.91. The molecule has 5 nitrogen and oxygen atoms in total. The van der Waals surface area contributed by atoms with E-state index in [-0.39, 0.29) is 29.7 Å². The van der Waals surface area contributed by atoms with E-state index in [1.807, 2.05) is 26.0 Å². The Morgan fingerprint density at radius 1 is 1.00 bits per heavy atom. The second kappa shape index (κ2) is 8.58. The Bertz CT molecular complexity index is 1060. The predicted octanol–water partition coefficient (Wildman–Crippen LogP) is 3.69. The van der Waals surface area contributed by atoms with E-state index in [0.717, 1.165) is 27.8 Å². The van der Waals surface area contributed by atoms with Crippen LogP contribution in [0.2, 0.25) is 0 Å². The predicted molar refractivity (Wildman–Crippen MR) is 117 cm³/mol. The summed E-state index contributed by atoms with van der Waals surface area (Å²) in [6, 6.07) is 11.4. The molecule has 31 heavy (non-hydrogen) atoms. The number of aryl methyl sites for hydroxylation is 3. The highest BCUT2D eigenvalue weighted by molar-refractivity contribution is 6.07. The third kappa shape index (κ3) is 4.66. The maximum Gasteiger partial charge on any atom is 0.255 e. The minimum atomic E-state index is -0.500. The third-order valence-corrected chi connectivity index (χ3v) is 6.19. The summed E-state index contributed by atoms with van der Waals surface area (Å²) in [6.07, 6.45) is 2.21. The lowest BCUT2D eigenvalue weighted by Crippen LogP contribution is -2.44. The Morgan fingerprint density at radius 2 is 1.74 bits per heavy atom. The minimum Gasteiger partial charge on any atom is -0.324 e. The van der Waals surface area contributed by atoms with Gasteiger partial charge in [0.15, 0.2) is 5.78 Å². The fourth-order valence-corrected chi connectivity index (χ4v) is 4.76. The van der Waals surface area contributed by atoms with Gasteiger partial charge in [-0.1, -0.05) is 41.5 Å². The largest absolute Gasteiger partial charge is 0.324 e. The summed E-state index contributed by atoms with van der Waals surface area (Å²) < 4.78 is 0. The van der Waals surface area contributed by atoms with Crippen LogP contribution in [0.3, 0.4) is 0 Å². The van der Waals surface area contributed by atoms with E-state index in [0.29, 0.717) is 44.2 Å². The standard InChI is InChI=1S/C26H27NO4/c1-16-9-17(2)11-19(10-16)13-21(28)5-3-18-4-7-23-20(12-18)15-27(26(23)31)24-8-6-22(29)14-25(24)30/h4,7,9-12,24H,3,5-6,8,13-15H2,1-2H3. The fourth-order valence-electron chi connectivity index (χ4n) is 4.76. The summed E-state index contributed by atoms with van der Waals surface area (Å²) in [5, 5.41) is 0. The Kier molecular flexibility index (Phi) is 5.86. The van der Waals surface area contributed by atoms with Gasteiger partial charge in [0, 0.05) is 31.4 Å². The SMILES string of the molecule is Cc1cc(C)cc(CC(=O)CCc2ccc3c(c2)CN(C2CCC(=O)CC2=O)C3=O)c1. The van der Waals surface area contributed by atoms with E-state index < -0.39 is 6.04 Å². The first-order valence-corrected chi connectivity index (χ1v) is 10.9. The lowest BCUT2D eigenvalue weighted by molar-refractivity contribution is -0.133. The van der Waals surface area contributed by atoms with Gasteiger partial charge in [0.05, 0.1) is 12.5 Å². The van der Waals surface area contributed by atoms with Crippen LogP contribution in [0.4, 0.5) is 0 Å². The molecule has 0 spiro atoms. The van der Waals surface area contributed by atoms with E-state index in [1.54, 1.807) is 11.0 Å². The average molecular weight is 418 g/mol. The molecule has 2 aromatic rings. The van der Waals surface area contributed by atoms with Gasteiger partial charge in [-0.25, -0.2) is 0 Å². The molecule has 1 amide bonds. The molecule has 1 aliphatic heterocycles. The van der Waals surface area contributed by atoms with E-state index in [4.69, 9.17) is 0 Å². The van der Waals surface area contributed by atoms with Crippen LogP contribution in [-0.2, 0) is 33.8 Å². The molecule has 1 heterocycles. The molecule has 0 radical (unpaired) electrons. The number of ketones is 3. The molecule has 0 N–H and O–H groups in total. The molecule has 4 rings (SSSR count). The first-order valence-electron chi connectivity index (χ1n) is 10.9. The van der Waals surface area contributed by atoms with Crippen molar-refractivity contribution in [1.82, 2.24) is 4.90 Å². The van der Waals surface area contributed by atoms with Gasteiger partial charge in [0.2, 0.25) is 0 Å². The maximum atomic E-state index is 12.8. The second-order valence-corrected chi connectivity index (χ2v) is 8.87. The summed E-state index contributed by atoms with van der Waals surface area (Å²) >= 11 is 0. The maximum absolute atomic E-state index is 12.8. The van der Waals surface area contributed by atoms with Crippen molar-refractivity contribution in [3.05, 3.63) is 69.8 Å². The Balaban J connectivity index is 1.38. The minimum absolute atomic E-state index is 0.0433. The summed E-state index contributed by atoms with van der Waals surface area (Å²) in [6.45, 7) is 4.47. The van der Waals surface area contributed by atoms with Crippen molar-refractivity contribution in [2.75, 3.05) is 0 Å². The second-order valence-electron chi connectivity index (χ2n) is 8.87.